The average molecular weight is 226 g/mol. The maximum atomic E-state index is 2.31. The van der Waals surface area contributed by atoms with Gasteiger partial charge in [0.05, 0.1) is 0 Å². The Morgan fingerprint density at radius 1 is 1.06 bits per heavy atom. The summed E-state index contributed by atoms with van der Waals surface area (Å²) < 4.78 is 2.20. The molecule has 0 aliphatic heterocycles. The van der Waals surface area contributed by atoms with Crippen LogP contribution >= 0.6 is 0 Å². The van der Waals surface area contributed by atoms with Gasteiger partial charge >= 0.3 is 0 Å². The second-order valence-corrected chi connectivity index (χ2v) is 4.93. The Morgan fingerprint density at radius 2 is 1.71 bits per heavy atom. The third-order valence-corrected chi connectivity index (χ3v) is 3.21. The van der Waals surface area contributed by atoms with Crippen LogP contribution in [0.1, 0.15) is 30.9 Å². The van der Waals surface area contributed by atoms with Gasteiger partial charge in [0.15, 0.2) is 6.20 Å². The summed E-state index contributed by atoms with van der Waals surface area (Å²) in [5, 5.41) is 0. The molecule has 0 aliphatic carbocycles. The van der Waals surface area contributed by atoms with Crippen molar-refractivity contribution in [3.63, 3.8) is 0 Å². The third kappa shape index (κ3) is 2.38. The number of pyridine rings is 1. The number of aryl methyl sites for hydroxylation is 2. The minimum atomic E-state index is 0.568. The van der Waals surface area contributed by atoms with Crippen molar-refractivity contribution in [1.82, 2.24) is 0 Å². The first-order valence-electron chi connectivity index (χ1n) is 6.15. The summed E-state index contributed by atoms with van der Waals surface area (Å²) in [6.07, 6.45) is 2.22. The summed E-state index contributed by atoms with van der Waals surface area (Å²) in [6.45, 7) is 6.68. The molecule has 1 heteroatoms. The maximum Gasteiger partial charge on any atom is 0.212 e. The van der Waals surface area contributed by atoms with E-state index in [-0.39, 0.29) is 0 Å². The fraction of sp³-hybridized carbons (Fsp3) is 0.312. The lowest BCUT2D eigenvalue weighted by Gasteiger charge is -2.10. The van der Waals surface area contributed by atoms with Crippen LogP contribution in [0.15, 0.2) is 42.6 Å². The van der Waals surface area contributed by atoms with Crippen molar-refractivity contribution in [3.8, 4) is 11.3 Å². The predicted molar refractivity (Wildman–Crippen MR) is 71.9 cm³/mol. The molecule has 0 atom stereocenters. The molecule has 0 aliphatic rings. The highest BCUT2D eigenvalue weighted by Gasteiger charge is 2.14. The van der Waals surface area contributed by atoms with Crippen LogP contribution in [0.25, 0.3) is 11.3 Å². The largest absolute Gasteiger partial charge is 0.212 e. The molecule has 2 rings (SSSR count). The zero-order valence-corrected chi connectivity index (χ0v) is 11.1. The van der Waals surface area contributed by atoms with Crippen molar-refractivity contribution < 1.29 is 4.57 Å². The summed E-state index contributed by atoms with van der Waals surface area (Å²) in [6, 6.07) is 12.9. The molecule has 1 heterocycles. The molecule has 17 heavy (non-hydrogen) atoms. The van der Waals surface area contributed by atoms with Gasteiger partial charge in [-0.1, -0.05) is 32.0 Å². The number of benzene rings is 1. The number of nitrogens with zero attached hydrogens (tertiary/aromatic N) is 1. The Hall–Kier alpha value is -1.63. The van der Waals surface area contributed by atoms with Crippen molar-refractivity contribution in [2.75, 3.05) is 0 Å². The van der Waals surface area contributed by atoms with E-state index < -0.39 is 0 Å². The standard InChI is InChI=1S/C16H20N/c1-12(2)15-10-16(17(4)11-13(15)3)14-8-6-5-7-9-14/h5-12H,1-4H3/q+1. The van der Waals surface area contributed by atoms with E-state index in [1.807, 2.05) is 0 Å². The zero-order valence-electron chi connectivity index (χ0n) is 11.1. The first-order valence-corrected chi connectivity index (χ1v) is 6.15. The van der Waals surface area contributed by atoms with E-state index in [4.69, 9.17) is 0 Å². The van der Waals surface area contributed by atoms with Gasteiger partial charge in [-0.2, -0.15) is 0 Å². The van der Waals surface area contributed by atoms with E-state index >= 15 is 0 Å². The molecular weight excluding hydrogens is 206 g/mol. The van der Waals surface area contributed by atoms with Crippen molar-refractivity contribution in [1.29, 1.82) is 0 Å². The summed E-state index contributed by atoms with van der Waals surface area (Å²) in [4.78, 5) is 0. The van der Waals surface area contributed by atoms with Crippen LogP contribution in [0.2, 0.25) is 0 Å². The van der Waals surface area contributed by atoms with Crippen LogP contribution in [0, 0.1) is 6.92 Å². The molecule has 0 unspecified atom stereocenters. The lowest BCUT2D eigenvalue weighted by Crippen LogP contribution is -2.31. The van der Waals surface area contributed by atoms with E-state index in [2.05, 4.69) is 75.0 Å². The van der Waals surface area contributed by atoms with Gasteiger partial charge in [0, 0.05) is 17.2 Å². The van der Waals surface area contributed by atoms with Gasteiger partial charge in [0.2, 0.25) is 5.69 Å². The first kappa shape index (κ1) is 11.8. The quantitative estimate of drug-likeness (QED) is 0.689. The highest BCUT2D eigenvalue weighted by atomic mass is 14.9. The van der Waals surface area contributed by atoms with Crippen LogP contribution in [0.3, 0.4) is 0 Å². The Labute approximate surface area is 104 Å². The topological polar surface area (TPSA) is 3.88 Å². The molecule has 0 radical (unpaired) electrons. The summed E-state index contributed by atoms with van der Waals surface area (Å²) >= 11 is 0. The van der Waals surface area contributed by atoms with Crippen molar-refractivity contribution in [3.05, 3.63) is 53.7 Å². The number of rotatable bonds is 2. The smallest absolute Gasteiger partial charge is 0.201 e. The highest BCUT2D eigenvalue weighted by Crippen LogP contribution is 2.23. The molecule has 88 valence electrons. The van der Waals surface area contributed by atoms with E-state index in [9.17, 15) is 0 Å². The van der Waals surface area contributed by atoms with Gasteiger partial charge in [-0.3, -0.25) is 0 Å². The molecule has 1 nitrogen and oxygen atoms in total. The Balaban J connectivity index is 2.59. The van der Waals surface area contributed by atoms with Gasteiger partial charge < -0.3 is 0 Å². The fourth-order valence-electron chi connectivity index (χ4n) is 2.32. The van der Waals surface area contributed by atoms with E-state index in [0.29, 0.717) is 5.92 Å². The molecule has 0 bridgehead atoms. The molecule has 1 aromatic heterocycles. The molecule has 2 aromatic rings. The monoisotopic (exact) mass is 226 g/mol. The van der Waals surface area contributed by atoms with Crippen molar-refractivity contribution >= 4 is 0 Å². The summed E-state index contributed by atoms with van der Waals surface area (Å²) in [5.74, 6) is 0.568. The molecule has 0 fully saturated rings. The molecule has 0 saturated heterocycles. The molecule has 0 saturated carbocycles. The second kappa shape index (κ2) is 4.70. The number of hydrogen-bond donors (Lipinski definition) is 0. The van der Waals surface area contributed by atoms with E-state index in [1.54, 1.807) is 0 Å². The van der Waals surface area contributed by atoms with Gasteiger partial charge in [0.1, 0.15) is 7.05 Å². The van der Waals surface area contributed by atoms with Gasteiger partial charge in [-0.15, -0.1) is 0 Å². The molecule has 1 aromatic carbocycles. The van der Waals surface area contributed by atoms with Crippen LogP contribution in [-0.2, 0) is 7.05 Å². The predicted octanol–water partition coefficient (Wildman–Crippen LogP) is 3.61. The SMILES string of the molecule is Cc1c[n+](C)c(-c2ccccc2)cc1C(C)C. The molecule has 0 N–H and O–H groups in total. The van der Waals surface area contributed by atoms with Crippen LogP contribution in [0.5, 0.6) is 0 Å². The van der Waals surface area contributed by atoms with Crippen LogP contribution in [0.4, 0.5) is 0 Å². The Morgan fingerprint density at radius 3 is 2.29 bits per heavy atom. The normalized spacial score (nSPS) is 10.9. The molecule has 0 spiro atoms. The Bertz CT molecular complexity index is 513. The minimum Gasteiger partial charge on any atom is -0.201 e. The minimum absolute atomic E-state index is 0.568. The second-order valence-electron chi connectivity index (χ2n) is 4.93. The lowest BCUT2D eigenvalue weighted by atomic mass is 9.97. The van der Waals surface area contributed by atoms with Gasteiger partial charge in [-0.05, 0) is 30.5 Å². The zero-order chi connectivity index (χ0) is 12.4. The van der Waals surface area contributed by atoms with Crippen LogP contribution in [-0.4, -0.2) is 0 Å². The average Bonchev–Trinajstić information content (AvgIpc) is 2.29. The van der Waals surface area contributed by atoms with Crippen molar-refractivity contribution in [2.24, 2.45) is 7.05 Å². The highest BCUT2D eigenvalue weighted by molar-refractivity contribution is 5.57. The molecule has 0 amide bonds. The van der Waals surface area contributed by atoms with Gasteiger partial charge in [0.25, 0.3) is 0 Å². The van der Waals surface area contributed by atoms with Crippen LogP contribution < -0.4 is 4.57 Å². The van der Waals surface area contributed by atoms with E-state index in [1.165, 1.54) is 22.4 Å². The third-order valence-electron chi connectivity index (χ3n) is 3.21. The first-order chi connectivity index (χ1) is 8.09. The fourth-order valence-corrected chi connectivity index (χ4v) is 2.32. The lowest BCUT2D eigenvalue weighted by molar-refractivity contribution is -0.660. The van der Waals surface area contributed by atoms with Gasteiger partial charge in [-0.25, -0.2) is 4.57 Å². The Kier molecular flexibility index (Phi) is 3.28. The summed E-state index contributed by atoms with van der Waals surface area (Å²) in [7, 11) is 2.11. The van der Waals surface area contributed by atoms with E-state index in [0.717, 1.165) is 0 Å². The summed E-state index contributed by atoms with van der Waals surface area (Å²) in [5.41, 5.74) is 5.35. The number of aromatic nitrogens is 1. The maximum absolute atomic E-state index is 2.31. The van der Waals surface area contributed by atoms with Crippen molar-refractivity contribution in [2.45, 2.75) is 26.7 Å². The number of hydrogen-bond acceptors (Lipinski definition) is 0. The molecular formula is C16H20N+.